The van der Waals surface area contributed by atoms with Crippen LogP contribution in [0.1, 0.15) is 36.5 Å². The number of hydrogen-bond donors (Lipinski definition) is 1. The van der Waals surface area contributed by atoms with E-state index in [1.165, 1.54) is 18.2 Å². The summed E-state index contributed by atoms with van der Waals surface area (Å²) in [6, 6.07) is 8.94. The van der Waals surface area contributed by atoms with Gasteiger partial charge in [-0.05, 0) is 65.6 Å². The summed E-state index contributed by atoms with van der Waals surface area (Å²) in [5.41, 5.74) is 2.59. The lowest BCUT2D eigenvalue weighted by Gasteiger charge is -2.17. The highest BCUT2D eigenvalue weighted by Gasteiger charge is 2.35. The zero-order valence-electron chi connectivity index (χ0n) is 18.8. The molecule has 0 bridgehead atoms. The number of carboxylic acids is 1. The Kier molecular flexibility index (Phi) is 8.52. The number of ether oxygens (including phenoxy) is 2. The minimum atomic E-state index is -1.17. The van der Waals surface area contributed by atoms with Gasteiger partial charge in [0.1, 0.15) is 12.4 Å². The fraction of sp³-hybridized carbons (Fsp3) is 0.292. The molecule has 0 radical (unpaired) electrons. The number of nitrogens with zero attached hydrogens (tertiary/aromatic N) is 1. The van der Waals surface area contributed by atoms with Crippen LogP contribution in [-0.4, -0.2) is 46.9 Å². The predicted octanol–water partition coefficient (Wildman–Crippen LogP) is 6.00. The van der Waals surface area contributed by atoms with Gasteiger partial charge >= 0.3 is 5.97 Å². The van der Waals surface area contributed by atoms with E-state index in [-0.39, 0.29) is 39.8 Å². The molecule has 0 atom stereocenters. The lowest BCUT2D eigenvalue weighted by atomic mass is 10.0. The van der Waals surface area contributed by atoms with Crippen molar-refractivity contribution in [2.45, 2.75) is 26.7 Å². The SMILES string of the molecule is Cc1ccc(C(C)C)c(OCCN2C(=O)S/C(=C\c3cc(Cl)c(OCC(=O)O)c(Cl)c3)C2=O)c1. The molecule has 3 rings (SSSR count). The number of carbonyl (C=O) groups excluding carboxylic acids is 2. The number of benzene rings is 2. The maximum absolute atomic E-state index is 12.8. The van der Waals surface area contributed by atoms with Gasteiger partial charge in [-0.3, -0.25) is 14.5 Å². The van der Waals surface area contributed by atoms with Gasteiger partial charge in [-0.15, -0.1) is 0 Å². The van der Waals surface area contributed by atoms with Crippen molar-refractivity contribution in [3.05, 3.63) is 62.0 Å². The number of rotatable bonds is 9. The van der Waals surface area contributed by atoms with Crippen molar-refractivity contribution < 1.29 is 29.0 Å². The third kappa shape index (κ3) is 6.25. The molecule has 1 saturated heterocycles. The second-order valence-corrected chi connectivity index (χ2v) is 9.68. The summed E-state index contributed by atoms with van der Waals surface area (Å²) in [6.45, 7) is 5.80. The Hall–Kier alpha value is -2.68. The number of aryl methyl sites for hydroxylation is 1. The quantitative estimate of drug-likeness (QED) is 0.402. The van der Waals surface area contributed by atoms with E-state index in [1.54, 1.807) is 0 Å². The molecule has 180 valence electrons. The lowest BCUT2D eigenvalue weighted by molar-refractivity contribution is -0.139. The highest BCUT2D eigenvalue weighted by Crippen LogP contribution is 2.37. The molecular weight excluding hydrogens is 501 g/mol. The largest absolute Gasteiger partial charge is 0.491 e. The van der Waals surface area contributed by atoms with E-state index in [1.807, 2.05) is 25.1 Å². The first-order chi connectivity index (χ1) is 16.1. The highest BCUT2D eigenvalue weighted by molar-refractivity contribution is 8.18. The minimum Gasteiger partial charge on any atom is -0.491 e. The predicted molar refractivity (Wildman–Crippen MR) is 133 cm³/mol. The van der Waals surface area contributed by atoms with Crippen molar-refractivity contribution in [3.63, 3.8) is 0 Å². The summed E-state index contributed by atoms with van der Waals surface area (Å²) >= 11 is 13.1. The average molecular weight is 524 g/mol. The molecular formula is C24H23Cl2NO6S. The Morgan fingerprint density at radius 3 is 2.44 bits per heavy atom. The Labute approximate surface area is 211 Å². The van der Waals surface area contributed by atoms with Gasteiger partial charge in [0.25, 0.3) is 11.1 Å². The summed E-state index contributed by atoms with van der Waals surface area (Å²) in [5.74, 6) is -0.561. The average Bonchev–Trinajstić information content (AvgIpc) is 3.00. The molecule has 0 aromatic heterocycles. The van der Waals surface area contributed by atoms with Gasteiger partial charge in [0.2, 0.25) is 0 Å². The number of carboxylic acid groups (broad SMARTS) is 1. The van der Waals surface area contributed by atoms with Gasteiger partial charge in [-0.1, -0.05) is 49.2 Å². The van der Waals surface area contributed by atoms with Gasteiger partial charge in [-0.25, -0.2) is 4.79 Å². The van der Waals surface area contributed by atoms with E-state index in [4.69, 9.17) is 37.8 Å². The summed E-state index contributed by atoms with van der Waals surface area (Å²) < 4.78 is 11.0. The Balaban J connectivity index is 1.69. The number of aliphatic carboxylic acids is 1. The van der Waals surface area contributed by atoms with E-state index in [9.17, 15) is 14.4 Å². The van der Waals surface area contributed by atoms with Crippen LogP contribution in [-0.2, 0) is 9.59 Å². The Bertz CT molecular complexity index is 1140. The van der Waals surface area contributed by atoms with Crippen LogP contribution in [0.3, 0.4) is 0 Å². The molecule has 0 aliphatic carbocycles. The third-order valence-corrected chi connectivity index (χ3v) is 6.36. The van der Waals surface area contributed by atoms with E-state index in [0.717, 1.165) is 33.5 Å². The molecule has 10 heteroatoms. The monoisotopic (exact) mass is 523 g/mol. The molecule has 2 aromatic rings. The van der Waals surface area contributed by atoms with Crippen molar-refractivity contribution in [2.24, 2.45) is 0 Å². The van der Waals surface area contributed by atoms with Crippen LogP contribution in [0.4, 0.5) is 4.79 Å². The van der Waals surface area contributed by atoms with Crippen LogP contribution in [0.15, 0.2) is 35.2 Å². The molecule has 1 fully saturated rings. The van der Waals surface area contributed by atoms with Crippen LogP contribution in [0.5, 0.6) is 11.5 Å². The van der Waals surface area contributed by atoms with E-state index < -0.39 is 23.7 Å². The normalized spacial score (nSPS) is 14.9. The second-order valence-electron chi connectivity index (χ2n) is 7.87. The Morgan fingerprint density at radius 1 is 1.15 bits per heavy atom. The molecule has 1 N–H and O–H groups in total. The van der Waals surface area contributed by atoms with Gasteiger partial charge < -0.3 is 14.6 Å². The number of amides is 2. The topological polar surface area (TPSA) is 93.1 Å². The summed E-state index contributed by atoms with van der Waals surface area (Å²) in [7, 11) is 0. The minimum absolute atomic E-state index is 0.0325. The van der Waals surface area contributed by atoms with Crippen molar-refractivity contribution in [1.82, 2.24) is 4.90 Å². The third-order valence-electron chi connectivity index (χ3n) is 4.90. The first-order valence-electron chi connectivity index (χ1n) is 10.4. The number of imide groups is 1. The summed E-state index contributed by atoms with van der Waals surface area (Å²) in [4.78, 5) is 37.3. The number of thioether (sulfide) groups is 1. The molecule has 1 aliphatic heterocycles. The number of halogens is 2. The second kappa shape index (κ2) is 11.2. The van der Waals surface area contributed by atoms with Gasteiger partial charge in [-0.2, -0.15) is 0 Å². The first kappa shape index (κ1) is 25.9. The fourth-order valence-electron chi connectivity index (χ4n) is 3.27. The van der Waals surface area contributed by atoms with Crippen LogP contribution in [0.2, 0.25) is 10.0 Å². The zero-order chi connectivity index (χ0) is 25.0. The molecule has 0 spiro atoms. The van der Waals surface area contributed by atoms with Crippen LogP contribution in [0.25, 0.3) is 6.08 Å². The fourth-order valence-corrected chi connectivity index (χ4v) is 4.75. The standard InChI is InChI=1S/C24H23Cl2NO6S/c1-13(2)16-5-4-14(3)8-19(16)32-7-6-27-23(30)20(34-24(27)31)11-15-9-17(25)22(18(26)10-15)33-12-21(28)29/h4-5,8-11,13H,6-7,12H2,1-3H3,(H,28,29)/b20-11-. The molecule has 2 amide bonds. The summed E-state index contributed by atoms with van der Waals surface area (Å²) in [6.07, 6.45) is 1.50. The number of carbonyl (C=O) groups is 3. The van der Waals surface area contributed by atoms with Crippen LogP contribution < -0.4 is 9.47 Å². The van der Waals surface area contributed by atoms with E-state index in [0.29, 0.717) is 5.56 Å². The van der Waals surface area contributed by atoms with E-state index in [2.05, 4.69) is 13.8 Å². The van der Waals surface area contributed by atoms with Crippen molar-refractivity contribution in [2.75, 3.05) is 19.8 Å². The maximum Gasteiger partial charge on any atom is 0.341 e. The smallest absolute Gasteiger partial charge is 0.341 e. The molecule has 0 saturated carbocycles. The highest BCUT2D eigenvalue weighted by atomic mass is 35.5. The van der Waals surface area contributed by atoms with Crippen molar-refractivity contribution >= 4 is 58.2 Å². The van der Waals surface area contributed by atoms with Gasteiger partial charge in [0, 0.05) is 0 Å². The summed E-state index contributed by atoms with van der Waals surface area (Å²) in [5, 5.41) is 8.53. The first-order valence-corrected chi connectivity index (χ1v) is 12.0. The Morgan fingerprint density at radius 2 is 1.82 bits per heavy atom. The number of hydrogen-bond acceptors (Lipinski definition) is 6. The lowest BCUT2D eigenvalue weighted by Crippen LogP contribution is -2.32. The van der Waals surface area contributed by atoms with Gasteiger partial charge in [0.05, 0.1) is 21.5 Å². The van der Waals surface area contributed by atoms with E-state index >= 15 is 0 Å². The maximum atomic E-state index is 12.8. The van der Waals surface area contributed by atoms with Crippen LogP contribution in [0, 0.1) is 6.92 Å². The molecule has 34 heavy (non-hydrogen) atoms. The van der Waals surface area contributed by atoms with Crippen molar-refractivity contribution in [3.8, 4) is 11.5 Å². The zero-order valence-corrected chi connectivity index (χ0v) is 21.1. The molecule has 1 aliphatic rings. The van der Waals surface area contributed by atoms with Crippen molar-refractivity contribution in [1.29, 1.82) is 0 Å². The van der Waals surface area contributed by atoms with Gasteiger partial charge in [0.15, 0.2) is 12.4 Å². The molecule has 0 unspecified atom stereocenters. The molecule has 7 nitrogen and oxygen atoms in total. The molecule has 2 aromatic carbocycles. The molecule has 1 heterocycles. The van der Waals surface area contributed by atoms with Crippen LogP contribution >= 0.6 is 35.0 Å².